The second kappa shape index (κ2) is 5.36. The molecule has 0 saturated heterocycles. The van der Waals surface area contributed by atoms with Crippen LogP contribution < -0.4 is 0 Å². The number of hydrogen-bond acceptors (Lipinski definition) is 0. The molecule has 0 heterocycles. The molecule has 0 fully saturated rings. The summed E-state index contributed by atoms with van der Waals surface area (Å²) in [6.07, 6.45) is 23.7. The molecular weight excluding hydrogens is 223 g/mol. The van der Waals surface area contributed by atoms with E-state index in [1.807, 2.05) is 0 Å². The molecule has 0 unspecified atom stereocenters. The first kappa shape index (κ1) is 12.8. The molecule has 0 aromatic rings. The molecule has 0 aromatic carbocycles. The molecule has 0 nitrogen and oxygen atoms in total. The van der Waals surface area contributed by atoms with Crippen molar-refractivity contribution < 1.29 is 0 Å². The van der Waals surface area contributed by atoms with E-state index in [1.165, 1.54) is 25.7 Å². The predicted molar refractivity (Wildman–Crippen MR) is 80.2 cm³/mol. The molecule has 0 radical (unpaired) electrons. The normalized spacial score (nSPS) is 22.7. The van der Waals surface area contributed by atoms with Gasteiger partial charge in [0.15, 0.2) is 0 Å². The Labute approximate surface area is 107 Å². The van der Waals surface area contributed by atoms with Crippen LogP contribution in [0.25, 0.3) is 0 Å². The van der Waals surface area contributed by atoms with Gasteiger partial charge in [-0.1, -0.05) is 83.9 Å². The molecule has 2 aliphatic carbocycles. The van der Waals surface area contributed by atoms with Gasteiger partial charge in [-0.05, 0) is 12.8 Å². The summed E-state index contributed by atoms with van der Waals surface area (Å²) < 4.78 is 0. The van der Waals surface area contributed by atoms with E-state index in [1.54, 1.807) is 0 Å². The fourth-order valence-electron chi connectivity index (χ4n) is 2.91. The van der Waals surface area contributed by atoms with Gasteiger partial charge in [0.05, 0.1) is 0 Å². The van der Waals surface area contributed by atoms with Crippen molar-refractivity contribution in [1.29, 1.82) is 0 Å². The van der Waals surface area contributed by atoms with Gasteiger partial charge in [-0.2, -0.15) is 0 Å². The lowest BCUT2D eigenvalue weighted by Gasteiger charge is -2.35. The SMILES string of the molecule is CCCC1(PC2(CCC)C=CC=C2)C=CC=C1. The minimum Gasteiger partial charge on any atom is -0.0930 e. The van der Waals surface area contributed by atoms with Gasteiger partial charge in [0.2, 0.25) is 0 Å². The summed E-state index contributed by atoms with van der Waals surface area (Å²) in [5.41, 5.74) is 0. The molecule has 0 spiro atoms. The van der Waals surface area contributed by atoms with Crippen molar-refractivity contribution in [3.8, 4) is 0 Å². The summed E-state index contributed by atoms with van der Waals surface area (Å²) in [5, 5.41) is 0.672. The molecule has 0 aromatic heterocycles. The van der Waals surface area contributed by atoms with Crippen LogP contribution in [-0.4, -0.2) is 10.3 Å². The van der Waals surface area contributed by atoms with Gasteiger partial charge < -0.3 is 0 Å². The molecule has 2 aliphatic rings. The van der Waals surface area contributed by atoms with Crippen LogP contribution >= 0.6 is 8.58 Å². The van der Waals surface area contributed by atoms with E-state index < -0.39 is 0 Å². The Bertz CT molecular complexity index is 311. The third-order valence-electron chi connectivity index (χ3n) is 3.59. The second-order valence-electron chi connectivity index (χ2n) is 5.14. The lowest BCUT2D eigenvalue weighted by Crippen LogP contribution is -2.26. The van der Waals surface area contributed by atoms with Crippen LogP contribution in [0.3, 0.4) is 0 Å². The van der Waals surface area contributed by atoms with Crippen molar-refractivity contribution in [2.45, 2.75) is 49.8 Å². The van der Waals surface area contributed by atoms with Gasteiger partial charge in [-0.15, -0.1) is 0 Å². The highest BCUT2D eigenvalue weighted by atomic mass is 31.1. The minimum atomic E-state index is 0.336. The molecule has 0 atom stereocenters. The summed E-state index contributed by atoms with van der Waals surface area (Å²) >= 11 is 0. The Balaban J connectivity index is 2.17. The minimum absolute atomic E-state index is 0.336. The van der Waals surface area contributed by atoms with Gasteiger partial charge >= 0.3 is 0 Å². The third kappa shape index (κ3) is 2.80. The summed E-state index contributed by atoms with van der Waals surface area (Å²) in [6, 6.07) is 0. The van der Waals surface area contributed by atoms with Crippen molar-refractivity contribution in [1.82, 2.24) is 0 Å². The molecular formula is C16H23P. The van der Waals surface area contributed by atoms with Crippen molar-refractivity contribution >= 4 is 8.58 Å². The largest absolute Gasteiger partial charge is 0.0930 e. The van der Waals surface area contributed by atoms with Gasteiger partial charge in [0.25, 0.3) is 0 Å². The molecule has 2 rings (SSSR count). The van der Waals surface area contributed by atoms with Gasteiger partial charge in [-0.25, -0.2) is 0 Å². The molecule has 0 bridgehead atoms. The van der Waals surface area contributed by atoms with E-state index in [2.05, 4.69) is 62.5 Å². The van der Waals surface area contributed by atoms with E-state index in [9.17, 15) is 0 Å². The molecule has 0 N–H and O–H groups in total. The highest BCUT2D eigenvalue weighted by Gasteiger charge is 2.36. The van der Waals surface area contributed by atoms with Crippen LogP contribution in [0.2, 0.25) is 0 Å². The first-order valence-corrected chi connectivity index (χ1v) is 7.78. The number of rotatable bonds is 6. The van der Waals surface area contributed by atoms with Crippen LogP contribution in [0.1, 0.15) is 39.5 Å². The van der Waals surface area contributed by atoms with Crippen molar-refractivity contribution in [3.05, 3.63) is 48.6 Å². The van der Waals surface area contributed by atoms with Crippen LogP contribution in [0.5, 0.6) is 0 Å². The summed E-state index contributed by atoms with van der Waals surface area (Å²) in [4.78, 5) is 0. The second-order valence-corrected chi connectivity index (χ2v) is 7.25. The maximum absolute atomic E-state index is 2.42. The highest BCUT2D eigenvalue weighted by Crippen LogP contribution is 2.54. The smallest absolute Gasteiger partial charge is 0.0251 e. The maximum Gasteiger partial charge on any atom is 0.0251 e. The fraction of sp³-hybridized carbons (Fsp3) is 0.500. The summed E-state index contributed by atoms with van der Waals surface area (Å²) in [6.45, 7) is 4.58. The average molecular weight is 246 g/mol. The fourth-order valence-corrected chi connectivity index (χ4v) is 5.24. The van der Waals surface area contributed by atoms with Crippen LogP contribution in [0.4, 0.5) is 0 Å². The topological polar surface area (TPSA) is 0 Å². The third-order valence-corrected chi connectivity index (χ3v) is 5.69. The molecule has 0 saturated carbocycles. The molecule has 0 amide bonds. The monoisotopic (exact) mass is 246 g/mol. The molecule has 17 heavy (non-hydrogen) atoms. The average Bonchev–Trinajstić information content (AvgIpc) is 2.91. The van der Waals surface area contributed by atoms with Crippen LogP contribution in [0, 0.1) is 0 Å². The van der Waals surface area contributed by atoms with Crippen molar-refractivity contribution in [3.63, 3.8) is 0 Å². The highest BCUT2D eigenvalue weighted by molar-refractivity contribution is 7.43. The number of hydrogen-bond donors (Lipinski definition) is 0. The zero-order valence-electron chi connectivity index (χ0n) is 10.9. The van der Waals surface area contributed by atoms with E-state index in [0.717, 1.165) is 8.58 Å². The number of allylic oxidation sites excluding steroid dienone is 8. The first-order valence-electron chi connectivity index (χ1n) is 6.78. The zero-order valence-corrected chi connectivity index (χ0v) is 11.9. The Morgan fingerprint density at radius 3 is 1.35 bits per heavy atom. The lowest BCUT2D eigenvalue weighted by molar-refractivity contribution is 0.690. The molecule has 92 valence electrons. The first-order chi connectivity index (χ1) is 8.24. The van der Waals surface area contributed by atoms with E-state index in [4.69, 9.17) is 0 Å². The van der Waals surface area contributed by atoms with Gasteiger partial charge in [-0.3, -0.25) is 0 Å². The van der Waals surface area contributed by atoms with E-state index >= 15 is 0 Å². The van der Waals surface area contributed by atoms with Crippen LogP contribution in [-0.2, 0) is 0 Å². The quantitative estimate of drug-likeness (QED) is 0.579. The Kier molecular flexibility index (Phi) is 4.05. The Morgan fingerprint density at radius 2 is 1.06 bits per heavy atom. The van der Waals surface area contributed by atoms with E-state index in [-0.39, 0.29) is 0 Å². The Morgan fingerprint density at radius 1 is 0.706 bits per heavy atom. The van der Waals surface area contributed by atoms with E-state index in [0.29, 0.717) is 10.3 Å². The predicted octanol–water partition coefficient (Wildman–Crippen LogP) is 4.99. The summed E-state index contributed by atoms with van der Waals surface area (Å²) in [5.74, 6) is 0. The maximum atomic E-state index is 2.42. The lowest BCUT2D eigenvalue weighted by atomic mass is 10.0. The molecule has 1 heteroatoms. The van der Waals surface area contributed by atoms with Gasteiger partial charge in [0, 0.05) is 10.3 Å². The standard InChI is InChI=1S/C16H23P/c1-3-9-15(11-5-6-12-15)17-16(10-4-2)13-7-8-14-16/h5-8,11-14,17H,3-4,9-10H2,1-2H3. The Hall–Kier alpha value is -0.610. The zero-order chi connectivity index (χ0) is 12.2. The van der Waals surface area contributed by atoms with Crippen molar-refractivity contribution in [2.24, 2.45) is 0 Å². The van der Waals surface area contributed by atoms with Crippen molar-refractivity contribution in [2.75, 3.05) is 0 Å². The van der Waals surface area contributed by atoms with Gasteiger partial charge in [0.1, 0.15) is 0 Å². The molecule has 0 aliphatic heterocycles. The summed E-state index contributed by atoms with van der Waals surface area (Å²) in [7, 11) is 0.946. The van der Waals surface area contributed by atoms with Crippen LogP contribution in [0.15, 0.2) is 48.6 Å².